The zero-order valence-electron chi connectivity index (χ0n) is 13.3. The number of nitrogens with one attached hydrogen (secondary N) is 2. The van der Waals surface area contributed by atoms with Crippen LogP contribution < -0.4 is 10.6 Å². The molecular formula is C18H19ClN2O2S. The smallest absolute Gasteiger partial charge is 0.234 e. The molecular weight excluding hydrogens is 344 g/mol. The number of anilines is 1. The number of rotatable bonds is 7. The highest BCUT2D eigenvalue weighted by Gasteiger charge is 2.07. The van der Waals surface area contributed by atoms with Crippen LogP contribution in [0.25, 0.3) is 0 Å². The fourth-order valence-electron chi connectivity index (χ4n) is 2.04. The lowest BCUT2D eigenvalue weighted by molar-refractivity contribution is -0.118. The second kappa shape index (κ2) is 9.35. The molecule has 2 aromatic carbocycles. The van der Waals surface area contributed by atoms with Crippen molar-refractivity contribution in [3.63, 3.8) is 0 Å². The SMILES string of the molecule is Cc1cccc(NC(=O)CSCC(=O)NCc2ccccc2Cl)c1. The first kappa shape index (κ1) is 18.4. The van der Waals surface area contributed by atoms with Crippen LogP contribution in [-0.2, 0) is 16.1 Å². The first-order valence-electron chi connectivity index (χ1n) is 7.49. The summed E-state index contributed by atoms with van der Waals surface area (Å²) in [7, 11) is 0. The maximum atomic E-state index is 11.8. The van der Waals surface area contributed by atoms with Crippen LogP contribution in [0.4, 0.5) is 5.69 Å². The van der Waals surface area contributed by atoms with Crippen LogP contribution in [0.2, 0.25) is 5.02 Å². The maximum absolute atomic E-state index is 11.8. The lowest BCUT2D eigenvalue weighted by Gasteiger charge is -2.07. The van der Waals surface area contributed by atoms with Gasteiger partial charge in [-0.15, -0.1) is 11.8 Å². The molecule has 0 spiro atoms. The lowest BCUT2D eigenvalue weighted by Crippen LogP contribution is -2.25. The summed E-state index contributed by atoms with van der Waals surface area (Å²) in [5.41, 5.74) is 2.72. The molecule has 4 nitrogen and oxygen atoms in total. The third kappa shape index (κ3) is 6.26. The minimum Gasteiger partial charge on any atom is -0.351 e. The summed E-state index contributed by atoms with van der Waals surface area (Å²) in [5, 5.41) is 6.24. The molecule has 0 bridgehead atoms. The van der Waals surface area contributed by atoms with Crippen LogP contribution in [0.15, 0.2) is 48.5 Å². The molecule has 0 aliphatic rings. The van der Waals surface area contributed by atoms with E-state index < -0.39 is 0 Å². The van der Waals surface area contributed by atoms with Crippen molar-refractivity contribution in [3.05, 3.63) is 64.7 Å². The second-order valence-electron chi connectivity index (χ2n) is 5.28. The number of aryl methyl sites for hydroxylation is 1. The average molecular weight is 363 g/mol. The number of carbonyl (C=O) groups excluding carboxylic acids is 2. The van der Waals surface area contributed by atoms with Gasteiger partial charge in [0.1, 0.15) is 0 Å². The highest BCUT2D eigenvalue weighted by molar-refractivity contribution is 8.00. The van der Waals surface area contributed by atoms with E-state index >= 15 is 0 Å². The Balaban J connectivity index is 1.67. The van der Waals surface area contributed by atoms with Crippen molar-refractivity contribution in [3.8, 4) is 0 Å². The number of benzene rings is 2. The zero-order chi connectivity index (χ0) is 17.4. The standard InChI is InChI=1S/C18H19ClN2O2S/c1-13-5-4-7-15(9-13)21-18(23)12-24-11-17(22)20-10-14-6-2-3-8-16(14)19/h2-9H,10-12H2,1H3,(H,20,22)(H,21,23). The largest absolute Gasteiger partial charge is 0.351 e. The van der Waals surface area contributed by atoms with Gasteiger partial charge in [0.15, 0.2) is 0 Å². The van der Waals surface area contributed by atoms with Gasteiger partial charge in [0.25, 0.3) is 0 Å². The van der Waals surface area contributed by atoms with Crippen LogP contribution >= 0.6 is 23.4 Å². The van der Waals surface area contributed by atoms with Gasteiger partial charge in [-0.3, -0.25) is 9.59 Å². The predicted octanol–water partition coefficient (Wildman–Crippen LogP) is 3.64. The van der Waals surface area contributed by atoms with E-state index in [4.69, 9.17) is 11.6 Å². The minimum atomic E-state index is -0.122. The van der Waals surface area contributed by atoms with Crippen molar-refractivity contribution in [1.82, 2.24) is 5.32 Å². The van der Waals surface area contributed by atoms with E-state index in [1.807, 2.05) is 49.4 Å². The van der Waals surface area contributed by atoms with Crippen LogP contribution in [0.3, 0.4) is 0 Å². The summed E-state index contributed by atoms with van der Waals surface area (Å²) in [6, 6.07) is 15.0. The molecule has 0 aliphatic heterocycles. The molecule has 0 radical (unpaired) electrons. The molecule has 0 aromatic heterocycles. The number of halogens is 1. The van der Waals surface area contributed by atoms with Crippen molar-refractivity contribution >= 4 is 40.9 Å². The van der Waals surface area contributed by atoms with Gasteiger partial charge in [-0.25, -0.2) is 0 Å². The Labute approximate surface area is 151 Å². The predicted molar refractivity (Wildman–Crippen MR) is 100 cm³/mol. The molecule has 0 saturated carbocycles. The normalized spacial score (nSPS) is 10.2. The third-order valence-electron chi connectivity index (χ3n) is 3.20. The molecule has 24 heavy (non-hydrogen) atoms. The summed E-state index contributed by atoms with van der Waals surface area (Å²) >= 11 is 7.31. The Bertz CT molecular complexity index is 722. The second-order valence-corrected chi connectivity index (χ2v) is 6.67. The summed E-state index contributed by atoms with van der Waals surface area (Å²) < 4.78 is 0. The van der Waals surface area contributed by atoms with Crippen LogP contribution in [-0.4, -0.2) is 23.3 Å². The van der Waals surface area contributed by atoms with Crippen LogP contribution in [0.1, 0.15) is 11.1 Å². The number of hydrogen-bond acceptors (Lipinski definition) is 3. The summed E-state index contributed by atoms with van der Waals surface area (Å²) in [6.07, 6.45) is 0. The number of hydrogen-bond donors (Lipinski definition) is 2. The van der Waals surface area contributed by atoms with Gasteiger partial charge in [0.05, 0.1) is 11.5 Å². The van der Waals surface area contributed by atoms with E-state index in [0.717, 1.165) is 16.8 Å². The lowest BCUT2D eigenvalue weighted by atomic mass is 10.2. The average Bonchev–Trinajstić information content (AvgIpc) is 2.54. The monoisotopic (exact) mass is 362 g/mol. The van der Waals surface area contributed by atoms with Crippen LogP contribution in [0.5, 0.6) is 0 Å². The molecule has 2 aromatic rings. The summed E-state index contributed by atoms with van der Waals surface area (Å²) in [6.45, 7) is 2.35. The molecule has 0 fully saturated rings. The number of amides is 2. The van der Waals surface area contributed by atoms with Crippen molar-refractivity contribution in [2.75, 3.05) is 16.8 Å². The first-order chi connectivity index (χ1) is 11.5. The van der Waals surface area contributed by atoms with Gasteiger partial charge in [0.2, 0.25) is 11.8 Å². The molecule has 0 heterocycles. The Morgan fingerprint density at radius 3 is 2.54 bits per heavy atom. The summed E-state index contributed by atoms with van der Waals surface area (Å²) in [5.74, 6) is 0.215. The first-order valence-corrected chi connectivity index (χ1v) is 9.02. The van der Waals surface area contributed by atoms with Gasteiger partial charge < -0.3 is 10.6 Å². The van der Waals surface area contributed by atoms with Crippen LogP contribution in [0, 0.1) is 6.92 Å². The van der Waals surface area contributed by atoms with E-state index in [-0.39, 0.29) is 23.3 Å². The number of thioether (sulfide) groups is 1. The van der Waals surface area contributed by atoms with Crippen molar-refractivity contribution in [1.29, 1.82) is 0 Å². The topological polar surface area (TPSA) is 58.2 Å². The van der Waals surface area contributed by atoms with E-state index in [2.05, 4.69) is 10.6 Å². The van der Waals surface area contributed by atoms with E-state index in [1.165, 1.54) is 11.8 Å². The molecule has 0 aliphatic carbocycles. The van der Waals surface area contributed by atoms with Gasteiger partial charge in [-0.2, -0.15) is 0 Å². The highest BCUT2D eigenvalue weighted by atomic mass is 35.5. The van der Waals surface area contributed by atoms with Gasteiger partial charge in [-0.05, 0) is 36.2 Å². The molecule has 2 N–H and O–H groups in total. The van der Waals surface area contributed by atoms with E-state index in [9.17, 15) is 9.59 Å². The Morgan fingerprint density at radius 1 is 1.04 bits per heavy atom. The molecule has 0 saturated heterocycles. The molecule has 2 rings (SSSR count). The third-order valence-corrected chi connectivity index (χ3v) is 4.50. The highest BCUT2D eigenvalue weighted by Crippen LogP contribution is 2.14. The van der Waals surface area contributed by atoms with Crippen molar-refractivity contribution < 1.29 is 9.59 Å². The van der Waals surface area contributed by atoms with Gasteiger partial charge in [0, 0.05) is 17.3 Å². The van der Waals surface area contributed by atoms with Crippen molar-refractivity contribution in [2.45, 2.75) is 13.5 Å². The van der Waals surface area contributed by atoms with Crippen molar-refractivity contribution in [2.24, 2.45) is 0 Å². The fraction of sp³-hybridized carbons (Fsp3) is 0.222. The number of carbonyl (C=O) groups is 2. The molecule has 2 amide bonds. The van der Waals surface area contributed by atoms with E-state index in [0.29, 0.717) is 11.6 Å². The molecule has 126 valence electrons. The van der Waals surface area contributed by atoms with Gasteiger partial charge in [-0.1, -0.05) is 41.9 Å². The molecule has 0 atom stereocenters. The maximum Gasteiger partial charge on any atom is 0.234 e. The summed E-state index contributed by atoms with van der Waals surface area (Å²) in [4.78, 5) is 23.7. The Morgan fingerprint density at radius 2 is 1.79 bits per heavy atom. The van der Waals surface area contributed by atoms with E-state index in [1.54, 1.807) is 6.07 Å². The molecule has 6 heteroatoms. The minimum absolute atomic E-state index is 0.121. The fourth-order valence-corrected chi connectivity index (χ4v) is 2.89. The van der Waals surface area contributed by atoms with Gasteiger partial charge >= 0.3 is 0 Å². The molecule has 0 unspecified atom stereocenters. The quantitative estimate of drug-likeness (QED) is 0.790. The Hall–Kier alpha value is -1.98. The Kier molecular flexibility index (Phi) is 7.15. The zero-order valence-corrected chi connectivity index (χ0v) is 14.9.